The van der Waals surface area contributed by atoms with Gasteiger partial charge in [0.1, 0.15) is 11.6 Å². The van der Waals surface area contributed by atoms with E-state index in [1.165, 1.54) is 18.4 Å². The molecule has 1 aliphatic rings. The van der Waals surface area contributed by atoms with Crippen LogP contribution in [0.2, 0.25) is 0 Å². The number of carboxylic acids is 2. The van der Waals surface area contributed by atoms with Crippen LogP contribution in [0.15, 0.2) is 47.9 Å². The van der Waals surface area contributed by atoms with Crippen LogP contribution in [-0.4, -0.2) is 46.5 Å². The molecule has 2 aromatic heterocycles. The molecular formula is C21H28N6O4S. The lowest BCUT2D eigenvalue weighted by Crippen LogP contribution is -2.10. The third-order valence-electron chi connectivity index (χ3n) is 4.18. The highest BCUT2D eigenvalue weighted by Crippen LogP contribution is 2.36. The number of nitrogens with zero attached hydrogens (tertiary/aromatic N) is 5. The number of thioether (sulfide) groups is 1. The highest BCUT2D eigenvalue weighted by molar-refractivity contribution is 7.98. The lowest BCUT2D eigenvalue weighted by Gasteiger charge is -2.10. The largest absolute Gasteiger partial charge is 0.481 e. The van der Waals surface area contributed by atoms with E-state index in [4.69, 9.17) is 25.5 Å². The first-order valence-electron chi connectivity index (χ1n) is 10.0. The van der Waals surface area contributed by atoms with Gasteiger partial charge in [0.25, 0.3) is 11.9 Å². The number of carbonyl (C=O) groups is 2. The molecule has 1 aromatic carbocycles. The van der Waals surface area contributed by atoms with Crippen molar-refractivity contribution in [2.75, 3.05) is 0 Å². The predicted molar refractivity (Wildman–Crippen MR) is 120 cm³/mol. The van der Waals surface area contributed by atoms with E-state index in [0.717, 1.165) is 43.0 Å². The van der Waals surface area contributed by atoms with Gasteiger partial charge in [0, 0.05) is 32.3 Å². The van der Waals surface area contributed by atoms with Crippen LogP contribution in [0.4, 0.5) is 0 Å². The van der Waals surface area contributed by atoms with Crippen molar-refractivity contribution in [1.82, 2.24) is 24.3 Å². The average molecular weight is 461 g/mol. The summed E-state index contributed by atoms with van der Waals surface area (Å²) in [4.78, 5) is 22.5. The standard InChI is InChI=1S/C17H20N6S.2C2H4O2/c18-10-15-20-21-17(23(15)11-13-4-2-1-3-5-13)24-12-16-19-8-9-22(16)14-6-7-14;2*1-2(3)4/h1-5,8-9,14H,6-7,10-12,18H2;2*1H3,(H,3,4). The molecule has 0 bridgehead atoms. The fourth-order valence-electron chi connectivity index (χ4n) is 2.77. The summed E-state index contributed by atoms with van der Waals surface area (Å²) in [6.45, 7) is 3.29. The zero-order valence-corrected chi connectivity index (χ0v) is 18.9. The summed E-state index contributed by atoms with van der Waals surface area (Å²) < 4.78 is 4.39. The molecule has 0 amide bonds. The van der Waals surface area contributed by atoms with E-state index in [0.29, 0.717) is 12.6 Å². The third-order valence-corrected chi connectivity index (χ3v) is 5.14. The summed E-state index contributed by atoms with van der Waals surface area (Å²) in [6, 6.07) is 11.0. The topological polar surface area (TPSA) is 149 Å². The molecule has 4 N–H and O–H groups in total. The molecule has 1 fully saturated rings. The van der Waals surface area contributed by atoms with Gasteiger partial charge in [-0.05, 0) is 18.4 Å². The van der Waals surface area contributed by atoms with Crippen LogP contribution in [0.3, 0.4) is 0 Å². The van der Waals surface area contributed by atoms with E-state index in [9.17, 15) is 0 Å². The molecule has 2 heterocycles. The van der Waals surface area contributed by atoms with Gasteiger partial charge in [-0.2, -0.15) is 0 Å². The number of rotatable bonds is 7. The minimum atomic E-state index is -0.833. The van der Waals surface area contributed by atoms with Crippen molar-refractivity contribution in [3.05, 3.63) is 59.9 Å². The van der Waals surface area contributed by atoms with E-state index in [1.807, 2.05) is 24.4 Å². The molecule has 0 aliphatic heterocycles. The quantitative estimate of drug-likeness (QED) is 0.452. The Kier molecular flexibility index (Phi) is 9.89. The molecule has 11 heteroatoms. The molecule has 0 unspecified atom stereocenters. The van der Waals surface area contributed by atoms with Crippen molar-refractivity contribution in [2.45, 2.75) is 56.7 Å². The van der Waals surface area contributed by atoms with Crippen LogP contribution in [0.5, 0.6) is 0 Å². The fraction of sp³-hybridized carbons (Fsp3) is 0.381. The molecule has 10 nitrogen and oxygen atoms in total. The maximum atomic E-state index is 9.00. The zero-order chi connectivity index (χ0) is 23.5. The van der Waals surface area contributed by atoms with E-state index in [2.05, 4.69) is 42.6 Å². The van der Waals surface area contributed by atoms with Crippen molar-refractivity contribution in [1.29, 1.82) is 0 Å². The molecule has 0 spiro atoms. The number of imidazole rings is 1. The van der Waals surface area contributed by atoms with Gasteiger partial charge in [0.15, 0.2) is 5.16 Å². The molecular weight excluding hydrogens is 432 g/mol. The number of carboxylic acid groups (broad SMARTS) is 2. The Bertz CT molecular complexity index is 981. The number of aliphatic carboxylic acids is 2. The van der Waals surface area contributed by atoms with Gasteiger partial charge in [-0.15, -0.1) is 10.2 Å². The minimum absolute atomic E-state index is 0.386. The summed E-state index contributed by atoms with van der Waals surface area (Å²) >= 11 is 1.67. The van der Waals surface area contributed by atoms with E-state index in [1.54, 1.807) is 11.8 Å². The molecule has 4 rings (SSSR count). The van der Waals surface area contributed by atoms with Crippen LogP contribution >= 0.6 is 11.8 Å². The van der Waals surface area contributed by atoms with Gasteiger partial charge < -0.3 is 25.1 Å². The number of aromatic nitrogens is 5. The van der Waals surface area contributed by atoms with E-state index >= 15 is 0 Å². The third kappa shape index (κ3) is 8.52. The number of hydrogen-bond acceptors (Lipinski definition) is 7. The van der Waals surface area contributed by atoms with Crippen molar-refractivity contribution in [2.24, 2.45) is 5.73 Å². The van der Waals surface area contributed by atoms with Gasteiger partial charge in [-0.25, -0.2) is 4.98 Å². The van der Waals surface area contributed by atoms with Gasteiger partial charge in [0.2, 0.25) is 0 Å². The maximum Gasteiger partial charge on any atom is 0.300 e. The second kappa shape index (κ2) is 12.6. The second-order valence-corrected chi connectivity index (χ2v) is 7.93. The Hall–Kier alpha value is -3.18. The van der Waals surface area contributed by atoms with E-state index < -0.39 is 11.9 Å². The first-order chi connectivity index (χ1) is 15.3. The Morgan fingerprint density at radius 2 is 1.72 bits per heavy atom. The van der Waals surface area contributed by atoms with Crippen LogP contribution in [0, 0.1) is 0 Å². The molecule has 1 saturated carbocycles. The smallest absolute Gasteiger partial charge is 0.300 e. The van der Waals surface area contributed by atoms with Gasteiger partial charge in [-0.1, -0.05) is 42.1 Å². The molecule has 0 atom stereocenters. The fourth-order valence-corrected chi connectivity index (χ4v) is 3.68. The first-order valence-corrected chi connectivity index (χ1v) is 11.0. The summed E-state index contributed by atoms with van der Waals surface area (Å²) in [6.07, 6.45) is 6.48. The Labute approximate surface area is 190 Å². The highest BCUT2D eigenvalue weighted by atomic mass is 32.2. The normalized spacial score (nSPS) is 12.2. The van der Waals surface area contributed by atoms with Crippen LogP contribution in [-0.2, 0) is 28.4 Å². The summed E-state index contributed by atoms with van der Waals surface area (Å²) in [7, 11) is 0. The molecule has 1 aliphatic carbocycles. The summed E-state index contributed by atoms with van der Waals surface area (Å²) in [5, 5.41) is 24.3. The second-order valence-electron chi connectivity index (χ2n) is 6.98. The van der Waals surface area contributed by atoms with Crippen molar-refractivity contribution >= 4 is 23.7 Å². The first kappa shape index (κ1) is 25.1. The Morgan fingerprint density at radius 1 is 1.09 bits per heavy atom. The summed E-state index contributed by atoms with van der Waals surface area (Å²) in [5.41, 5.74) is 7.05. The van der Waals surface area contributed by atoms with Crippen molar-refractivity contribution in [3.8, 4) is 0 Å². The van der Waals surface area contributed by atoms with Crippen LogP contribution < -0.4 is 5.73 Å². The Morgan fingerprint density at radius 3 is 2.28 bits per heavy atom. The monoisotopic (exact) mass is 460 g/mol. The van der Waals surface area contributed by atoms with Gasteiger partial charge >= 0.3 is 0 Å². The molecule has 32 heavy (non-hydrogen) atoms. The zero-order valence-electron chi connectivity index (χ0n) is 18.1. The number of nitrogens with two attached hydrogens (primary N) is 1. The SMILES string of the molecule is CC(=O)O.CC(=O)O.NCc1nnc(SCc2nccn2C2CC2)n1Cc1ccccc1. The minimum Gasteiger partial charge on any atom is -0.481 e. The van der Waals surface area contributed by atoms with Gasteiger partial charge in [-0.3, -0.25) is 9.59 Å². The molecule has 172 valence electrons. The molecule has 3 aromatic rings. The van der Waals surface area contributed by atoms with E-state index in [-0.39, 0.29) is 0 Å². The van der Waals surface area contributed by atoms with Crippen LogP contribution in [0.1, 0.15) is 49.9 Å². The summed E-state index contributed by atoms with van der Waals surface area (Å²) in [5.74, 6) is 1.04. The maximum absolute atomic E-state index is 9.00. The number of benzene rings is 1. The molecule has 0 saturated heterocycles. The lowest BCUT2D eigenvalue weighted by molar-refractivity contribution is -0.135. The van der Waals surface area contributed by atoms with Crippen molar-refractivity contribution in [3.63, 3.8) is 0 Å². The average Bonchev–Trinajstić information content (AvgIpc) is 3.34. The Balaban J connectivity index is 0.000000395. The highest BCUT2D eigenvalue weighted by Gasteiger charge is 2.25. The molecule has 0 radical (unpaired) electrons. The predicted octanol–water partition coefficient (Wildman–Crippen LogP) is 2.79. The van der Waals surface area contributed by atoms with Crippen molar-refractivity contribution < 1.29 is 19.8 Å². The van der Waals surface area contributed by atoms with Gasteiger partial charge in [0.05, 0.1) is 18.8 Å². The van der Waals surface area contributed by atoms with Crippen LogP contribution in [0.25, 0.3) is 0 Å². The number of hydrogen-bond donors (Lipinski definition) is 3. The lowest BCUT2D eigenvalue weighted by atomic mass is 10.2.